The highest BCUT2D eigenvalue weighted by atomic mass is 16.7. The number of fused-ring (bicyclic) bond motifs is 1. The Hall–Kier alpha value is -1.80. The van der Waals surface area contributed by atoms with E-state index in [1.54, 1.807) is 0 Å². The molecular weight excluding hydrogens is 360 g/mol. The van der Waals surface area contributed by atoms with Crippen LogP contribution in [0.5, 0.6) is 0 Å². The van der Waals surface area contributed by atoms with Gasteiger partial charge in [-0.15, -0.1) is 0 Å². The van der Waals surface area contributed by atoms with E-state index in [4.69, 9.17) is 23.7 Å². The first-order valence-corrected chi connectivity index (χ1v) is 9.62. The molecule has 0 spiro atoms. The number of hydrogen-bond donors (Lipinski definition) is 1. The van der Waals surface area contributed by atoms with Crippen LogP contribution >= 0.6 is 0 Å². The SMILES string of the molecule is CC1OCC2O[C@@H](O)C(OCc3ccccc3)[C@@H](OCc3ccccc3)[C@@H]2O1. The highest BCUT2D eigenvalue weighted by Gasteiger charge is 2.50. The molecule has 1 N–H and O–H groups in total. The van der Waals surface area contributed by atoms with Gasteiger partial charge in [-0.2, -0.15) is 0 Å². The van der Waals surface area contributed by atoms with Crippen molar-refractivity contribution in [3.8, 4) is 0 Å². The zero-order valence-electron chi connectivity index (χ0n) is 15.8. The van der Waals surface area contributed by atoms with E-state index < -0.39 is 24.6 Å². The predicted octanol–water partition coefficient (Wildman–Crippen LogP) is 2.64. The van der Waals surface area contributed by atoms with Crippen LogP contribution in [0.25, 0.3) is 0 Å². The molecule has 0 amide bonds. The minimum Gasteiger partial charge on any atom is -0.368 e. The summed E-state index contributed by atoms with van der Waals surface area (Å²) in [5.74, 6) is 0. The molecule has 2 aromatic carbocycles. The molecule has 3 unspecified atom stereocenters. The van der Waals surface area contributed by atoms with E-state index in [2.05, 4.69) is 0 Å². The van der Waals surface area contributed by atoms with Gasteiger partial charge in [-0.3, -0.25) is 0 Å². The molecule has 0 aromatic heterocycles. The van der Waals surface area contributed by atoms with E-state index in [9.17, 15) is 5.11 Å². The van der Waals surface area contributed by atoms with Crippen molar-refractivity contribution in [3.63, 3.8) is 0 Å². The summed E-state index contributed by atoms with van der Waals surface area (Å²) in [5.41, 5.74) is 2.06. The summed E-state index contributed by atoms with van der Waals surface area (Å²) in [6, 6.07) is 19.7. The molecule has 2 aliphatic heterocycles. The highest BCUT2D eigenvalue weighted by Crippen LogP contribution is 2.32. The van der Waals surface area contributed by atoms with E-state index >= 15 is 0 Å². The smallest absolute Gasteiger partial charge is 0.184 e. The summed E-state index contributed by atoms with van der Waals surface area (Å²) < 4.78 is 29.5. The molecule has 2 aromatic rings. The third kappa shape index (κ3) is 4.60. The van der Waals surface area contributed by atoms with Crippen molar-refractivity contribution in [2.75, 3.05) is 6.61 Å². The molecule has 6 nitrogen and oxygen atoms in total. The fourth-order valence-corrected chi connectivity index (χ4v) is 3.59. The molecule has 150 valence electrons. The van der Waals surface area contributed by atoms with Crippen LogP contribution in [0.3, 0.4) is 0 Å². The van der Waals surface area contributed by atoms with Crippen molar-refractivity contribution >= 4 is 0 Å². The van der Waals surface area contributed by atoms with Gasteiger partial charge in [0, 0.05) is 0 Å². The third-order valence-electron chi connectivity index (χ3n) is 5.02. The van der Waals surface area contributed by atoms with Crippen molar-refractivity contribution in [1.82, 2.24) is 0 Å². The molecule has 4 rings (SSSR count). The van der Waals surface area contributed by atoms with Crippen LogP contribution < -0.4 is 0 Å². The van der Waals surface area contributed by atoms with Gasteiger partial charge in [0.05, 0.1) is 19.8 Å². The monoisotopic (exact) mass is 386 g/mol. The Morgan fingerprint density at radius 2 is 1.43 bits per heavy atom. The molecule has 0 bridgehead atoms. The first kappa shape index (κ1) is 19.5. The Morgan fingerprint density at radius 3 is 2.04 bits per heavy atom. The Balaban J connectivity index is 1.50. The summed E-state index contributed by atoms with van der Waals surface area (Å²) in [4.78, 5) is 0. The lowest BCUT2D eigenvalue weighted by molar-refractivity contribution is -0.361. The van der Waals surface area contributed by atoms with Crippen molar-refractivity contribution in [2.45, 2.75) is 57.1 Å². The molecule has 2 aliphatic rings. The average Bonchev–Trinajstić information content (AvgIpc) is 2.73. The van der Waals surface area contributed by atoms with Crippen LogP contribution in [0.2, 0.25) is 0 Å². The van der Waals surface area contributed by atoms with Crippen LogP contribution in [0.4, 0.5) is 0 Å². The normalized spacial score (nSPS) is 32.6. The molecule has 6 heteroatoms. The van der Waals surface area contributed by atoms with E-state index in [0.717, 1.165) is 11.1 Å². The Morgan fingerprint density at radius 1 is 0.857 bits per heavy atom. The van der Waals surface area contributed by atoms with Gasteiger partial charge in [-0.05, 0) is 18.1 Å². The Bertz CT molecular complexity index is 724. The molecule has 0 radical (unpaired) electrons. The van der Waals surface area contributed by atoms with Crippen molar-refractivity contribution in [1.29, 1.82) is 0 Å². The van der Waals surface area contributed by atoms with Crippen LogP contribution in [-0.4, -0.2) is 48.7 Å². The van der Waals surface area contributed by atoms with Crippen molar-refractivity contribution in [3.05, 3.63) is 71.8 Å². The minimum absolute atomic E-state index is 0.347. The number of ether oxygens (including phenoxy) is 5. The van der Waals surface area contributed by atoms with Crippen LogP contribution in [-0.2, 0) is 36.9 Å². The summed E-state index contributed by atoms with van der Waals surface area (Å²) >= 11 is 0. The van der Waals surface area contributed by atoms with Gasteiger partial charge in [0.25, 0.3) is 0 Å². The quantitative estimate of drug-likeness (QED) is 0.823. The Labute approximate surface area is 164 Å². The molecule has 2 fully saturated rings. The van der Waals surface area contributed by atoms with E-state index in [1.807, 2.05) is 67.6 Å². The second-order valence-electron chi connectivity index (χ2n) is 7.09. The second kappa shape index (κ2) is 9.13. The van der Waals surface area contributed by atoms with Gasteiger partial charge in [-0.1, -0.05) is 60.7 Å². The number of rotatable bonds is 6. The lowest BCUT2D eigenvalue weighted by Gasteiger charge is -2.47. The highest BCUT2D eigenvalue weighted by molar-refractivity contribution is 5.14. The summed E-state index contributed by atoms with van der Waals surface area (Å²) in [5, 5.41) is 10.6. The van der Waals surface area contributed by atoms with Gasteiger partial charge in [0.15, 0.2) is 12.6 Å². The number of benzene rings is 2. The Kier molecular flexibility index (Phi) is 6.36. The third-order valence-corrected chi connectivity index (χ3v) is 5.02. The first-order valence-electron chi connectivity index (χ1n) is 9.62. The van der Waals surface area contributed by atoms with Gasteiger partial charge in [0.2, 0.25) is 0 Å². The maximum atomic E-state index is 10.6. The number of aliphatic hydroxyl groups is 1. The number of aliphatic hydroxyl groups excluding tert-OH is 1. The lowest BCUT2D eigenvalue weighted by atomic mass is 9.97. The zero-order valence-corrected chi connectivity index (χ0v) is 15.8. The van der Waals surface area contributed by atoms with Crippen LogP contribution in [0, 0.1) is 0 Å². The summed E-state index contributed by atoms with van der Waals surface area (Å²) in [6.45, 7) is 2.93. The zero-order chi connectivity index (χ0) is 19.3. The largest absolute Gasteiger partial charge is 0.368 e. The summed E-state index contributed by atoms with van der Waals surface area (Å²) in [7, 11) is 0. The molecule has 0 saturated carbocycles. The molecular formula is C22H26O6. The van der Waals surface area contributed by atoms with Gasteiger partial charge in [0.1, 0.15) is 24.4 Å². The van der Waals surface area contributed by atoms with E-state index in [0.29, 0.717) is 19.8 Å². The summed E-state index contributed by atoms with van der Waals surface area (Å²) in [6.07, 6.45) is -3.41. The maximum absolute atomic E-state index is 10.6. The number of hydrogen-bond acceptors (Lipinski definition) is 6. The van der Waals surface area contributed by atoms with E-state index in [-0.39, 0.29) is 12.4 Å². The molecule has 6 atom stereocenters. The molecule has 2 heterocycles. The molecule has 2 saturated heterocycles. The first-order chi connectivity index (χ1) is 13.7. The van der Waals surface area contributed by atoms with Gasteiger partial charge < -0.3 is 28.8 Å². The van der Waals surface area contributed by atoms with Gasteiger partial charge in [-0.25, -0.2) is 0 Å². The topological polar surface area (TPSA) is 66.4 Å². The second-order valence-corrected chi connectivity index (χ2v) is 7.09. The van der Waals surface area contributed by atoms with Crippen LogP contribution in [0.15, 0.2) is 60.7 Å². The standard InChI is InChI=1S/C22H26O6/c1-15-24-14-18-19(27-15)20(25-12-16-8-4-2-5-9-16)21(22(23)28-18)26-13-17-10-6-3-7-11-17/h2-11,15,18-23H,12-14H2,1H3/t15?,18?,19-,20+,21?,22-/m1/s1. The lowest BCUT2D eigenvalue weighted by Crippen LogP contribution is -2.63. The molecule has 0 aliphatic carbocycles. The average molecular weight is 386 g/mol. The van der Waals surface area contributed by atoms with E-state index in [1.165, 1.54) is 0 Å². The molecule has 28 heavy (non-hydrogen) atoms. The fraction of sp³-hybridized carbons (Fsp3) is 0.455. The maximum Gasteiger partial charge on any atom is 0.184 e. The minimum atomic E-state index is -1.12. The van der Waals surface area contributed by atoms with Crippen molar-refractivity contribution in [2.24, 2.45) is 0 Å². The van der Waals surface area contributed by atoms with Crippen LogP contribution in [0.1, 0.15) is 18.1 Å². The fourth-order valence-electron chi connectivity index (χ4n) is 3.59. The van der Waals surface area contributed by atoms with Crippen molar-refractivity contribution < 1.29 is 28.8 Å². The predicted molar refractivity (Wildman–Crippen MR) is 101 cm³/mol. The van der Waals surface area contributed by atoms with Gasteiger partial charge >= 0.3 is 0 Å².